The summed E-state index contributed by atoms with van der Waals surface area (Å²) < 4.78 is 32.8. The predicted octanol–water partition coefficient (Wildman–Crippen LogP) is 2.08. The highest BCUT2D eigenvalue weighted by molar-refractivity contribution is 7.93. The summed E-state index contributed by atoms with van der Waals surface area (Å²) in [5, 5.41) is 1.41. The van der Waals surface area contributed by atoms with Gasteiger partial charge in [0, 0.05) is 18.5 Å². The van der Waals surface area contributed by atoms with E-state index in [0.29, 0.717) is 17.6 Å². The molecule has 1 aliphatic rings. The van der Waals surface area contributed by atoms with Crippen molar-refractivity contribution in [3.8, 4) is 0 Å². The predicted molar refractivity (Wildman–Crippen MR) is 119 cm³/mol. The van der Waals surface area contributed by atoms with Gasteiger partial charge in [0.2, 0.25) is 5.91 Å². The van der Waals surface area contributed by atoms with Crippen LogP contribution in [0.4, 0.5) is 5.69 Å². The molecule has 0 spiro atoms. The van der Waals surface area contributed by atoms with Crippen LogP contribution in [0.15, 0.2) is 41.3 Å². The molecule has 1 amide bonds. The van der Waals surface area contributed by atoms with E-state index in [1.54, 1.807) is 45.0 Å². The van der Waals surface area contributed by atoms with E-state index in [9.17, 15) is 18.0 Å². The lowest BCUT2D eigenvalue weighted by molar-refractivity contribution is -0.158. The molecule has 3 rings (SSSR count). The number of anilines is 1. The SMILES string of the molecule is CN(C)CCN(CC(=O)OC(C)(C)C)C(=O)CN1c2cccc3cccc(c23)S1(=O)=O. The molecule has 0 N–H and O–H groups in total. The van der Waals surface area contributed by atoms with Crippen LogP contribution >= 0.6 is 0 Å². The Hall–Kier alpha value is -2.65. The largest absolute Gasteiger partial charge is 0.459 e. The maximum Gasteiger partial charge on any atom is 0.326 e. The number of benzene rings is 2. The fraction of sp³-hybridized carbons (Fsp3) is 0.455. The summed E-state index contributed by atoms with van der Waals surface area (Å²) in [5.74, 6) is -0.990. The van der Waals surface area contributed by atoms with Crippen molar-refractivity contribution in [2.45, 2.75) is 31.3 Å². The lowest BCUT2D eigenvalue weighted by atomic mass is 10.1. The van der Waals surface area contributed by atoms with E-state index in [4.69, 9.17) is 4.74 Å². The van der Waals surface area contributed by atoms with Crippen LogP contribution in [0, 0.1) is 0 Å². The molecular formula is C22H29N3O5S. The van der Waals surface area contributed by atoms with Gasteiger partial charge in [-0.15, -0.1) is 0 Å². The molecular weight excluding hydrogens is 418 g/mol. The van der Waals surface area contributed by atoms with E-state index in [2.05, 4.69) is 0 Å². The molecule has 0 saturated carbocycles. The molecule has 168 valence electrons. The molecule has 0 saturated heterocycles. The molecule has 0 atom stereocenters. The Bertz CT molecular complexity index is 1100. The summed E-state index contributed by atoms with van der Waals surface area (Å²) >= 11 is 0. The second-order valence-corrected chi connectivity index (χ2v) is 10.7. The number of likely N-dealkylation sites (N-methyl/N-ethyl adjacent to an activating group) is 1. The summed E-state index contributed by atoms with van der Waals surface area (Å²) in [4.78, 5) is 29.0. The third-order valence-electron chi connectivity index (χ3n) is 4.87. The van der Waals surface area contributed by atoms with Crippen molar-refractivity contribution < 1.29 is 22.7 Å². The number of amides is 1. The van der Waals surface area contributed by atoms with Gasteiger partial charge in [-0.3, -0.25) is 13.9 Å². The fourth-order valence-corrected chi connectivity index (χ4v) is 5.15. The number of carbonyl (C=O) groups excluding carboxylic acids is 2. The zero-order valence-electron chi connectivity index (χ0n) is 18.6. The monoisotopic (exact) mass is 447 g/mol. The molecule has 1 aliphatic heterocycles. The smallest absolute Gasteiger partial charge is 0.326 e. The van der Waals surface area contributed by atoms with Crippen molar-refractivity contribution in [1.82, 2.24) is 9.80 Å². The van der Waals surface area contributed by atoms with Gasteiger partial charge in [0.15, 0.2) is 0 Å². The number of carbonyl (C=O) groups is 2. The summed E-state index contributed by atoms with van der Waals surface area (Å²) in [6, 6.07) is 10.4. The lowest BCUT2D eigenvalue weighted by Gasteiger charge is -2.28. The second kappa shape index (κ2) is 8.47. The highest BCUT2D eigenvalue weighted by Gasteiger charge is 2.37. The van der Waals surface area contributed by atoms with E-state index in [1.807, 2.05) is 31.1 Å². The van der Waals surface area contributed by atoms with Gasteiger partial charge in [-0.05, 0) is 52.4 Å². The number of hydrogen-bond acceptors (Lipinski definition) is 6. The lowest BCUT2D eigenvalue weighted by Crippen LogP contribution is -2.46. The van der Waals surface area contributed by atoms with Crippen LogP contribution in [0.3, 0.4) is 0 Å². The molecule has 2 aromatic carbocycles. The standard InChI is InChI=1S/C22H29N3O5S/c1-22(2,3)30-20(27)15-24(13-12-23(4)5)19(26)14-25-17-10-6-8-16-9-7-11-18(21(16)17)31(25,28)29/h6-11H,12-15H2,1-5H3. The summed E-state index contributed by atoms with van der Waals surface area (Å²) in [6.45, 7) is 5.44. The summed E-state index contributed by atoms with van der Waals surface area (Å²) in [6.07, 6.45) is 0. The average Bonchev–Trinajstić information content (AvgIpc) is 2.87. The summed E-state index contributed by atoms with van der Waals surface area (Å²) in [5.41, 5.74) is -0.200. The van der Waals surface area contributed by atoms with Crippen LogP contribution in [-0.4, -0.2) is 76.0 Å². The fourth-order valence-electron chi connectivity index (χ4n) is 3.49. The van der Waals surface area contributed by atoms with E-state index in [0.717, 1.165) is 9.69 Å². The van der Waals surface area contributed by atoms with Gasteiger partial charge < -0.3 is 14.5 Å². The topological polar surface area (TPSA) is 87.2 Å². The number of esters is 1. The third-order valence-corrected chi connectivity index (χ3v) is 6.67. The van der Waals surface area contributed by atoms with Gasteiger partial charge in [0.1, 0.15) is 18.7 Å². The normalized spacial score (nSPS) is 14.8. The van der Waals surface area contributed by atoms with Crippen LogP contribution in [0.1, 0.15) is 20.8 Å². The molecule has 0 unspecified atom stereocenters. The number of nitrogens with zero attached hydrogens (tertiary/aromatic N) is 3. The van der Waals surface area contributed by atoms with E-state index in [1.165, 1.54) is 4.90 Å². The average molecular weight is 448 g/mol. The minimum atomic E-state index is -3.86. The minimum Gasteiger partial charge on any atom is -0.459 e. The maximum absolute atomic E-state index is 13.2. The van der Waals surface area contributed by atoms with Crippen molar-refractivity contribution in [2.24, 2.45) is 0 Å². The van der Waals surface area contributed by atoms with E-state index in [-0.39, 0.29) is 24.5 Å². The highest BCUT2D eigenvalue weighted by atomic mass is 32.2. The van der Waals surface area contributed by atoms with Gasteiger partial charge in [-0.2, -0.15) is 0 Å². The molecule has 0 aromatic heterocycles. The molecule has 8 nitrogen and oxygen atoms in total. The summed E-state index contributed by atoms with van der Waals surface area (Å²) in [7, 11) is -0.137. The van der Waals surface area contributed by atoms with Crippen molar-refractivity contribution in [2.75, 3.05) is 44.6 Å². The van der Waals surface area contributed by atoms with Gasteiger partial charge in [0.05, 0.1) is 10.6 Å². The van der Waals surface area contributed by atoms with Crippen molar-refractivity contribution >= 4 is 38.4 Å². The van der Waals surface area contributed by atoms with E-state index < -0.39 is 27.5 Å². The van der Waals surface area contributed by atoms with Gasteiger partial charge in [-0.1, -0.05) is 24.3 Å². The van der Waals surface area contributed by atoms with Crippen LogP contribution in [0.25, 0.3) is 10.8 Å². The van der Waals surface area contributed by atoms with Gasteiger partial charge >= 0.3 is 5.97 Å². The Kier molecular flexibility index (Phi) is 6.29. The third kappa shape index (κ3) is 4.99. The number of ether oxygens (including phenoxy) is 1. The first-order chi connectivity index (χ1) is 14.4. The van der Waals surface area contributed by atoms with Gasteiger partial charge in [-0.25, -0.2) is 8.42 Å². The Morgan fingerprint density at radius 3 is 2.29 bits per heavy atom. The molecule has 1 heterocycles. The zero-order valence-corrected chi connectivity index (χ0v) is 19.4. The molecule has 0 radical (unpaired) electrons. The Morgan fingerprint density at radius 1 is 1.03 bits per heavy atom. The Morgan fingerprint density at radius 2 is 1.68 bits per heavy atom. The highest BCUT2D eigenvalue weighted by Crippen LogP contribution is 2.41. The van der Waals surface area contributed by atoms with Crippen LogP contribution in [-0.2, 0) is 24.3 Å². The second-order valence-electron chi connectivity index (χ2n) is 8.85. The molecule has 0 aliphatic carbocycles. The zero-order chi connectivity index (χ0) is 23.0. The first-order valence-corrected chi connectivity index (χ1v) is 11.5. The van der Waals surface area contributed by atoms with Crippen LogP contribution in [0.5, 0.6) is 0 Å². The van der Waals surface area contributed by atoms with E-state index >= 15 is 0 Å². The molecule has 0 fully saturated rings. The quantitative estimate of drug-likeness (QED) is 0.604. The Labute approximate surface area is 183 Å². The first kappa shape index (κ1) is 23.0. The van der Waals surface area contributed by atoms with Crippen LogP contribution < -0.4 is 4.31 Å². The molecule has 9 heteroatoms. The number of rotatable bonds is 7. The Balaban J connectivity index is 1.86. The van der Waals surface area contributed by atoms with Crippen LogP contribution in [0.2, 0.25) is 0 Å². The van der Waals surface area contributed by atoms with Gasteiger partial charge in [0.25, 0.3) is 10.0 Å². The number of hydrogen-bond donors (Lipinski definition) is 0. The maximum atomic E-state index is 13.2. The first-order valence-electron chi connectivity index (χ1n) is 10.1. The molecule has 31 heavy (non-hydrogen) atoms. The van der Waals surface area contributed by atoms with Crippen molar-refractivity contribution in [1.29, 1.82) is 0 Å². The number of sulfonamides is 1. The molecule has 0 bridgehead atoms. The minimum absolute atomic E-state index is 0.195. The molecule has 2 aromatic rings. The van der Waals surface area contributed by atoms with Crippen molar-refractivity contribution in [3.05, 3.63) is 36.4 Å². The van der Waals surface area contributed by atoms with Crippen molar-refractivity contribution in [3.63, 3.8) is 0 Å².